The Balaban J connectivity index is 1.74. The van der Waals surface area contributed by atoms with Gasteiger partial charge in [0.05, 0.1) is 6.33 Å². The van der Waals surface area contributed by atoms with Crippen LogP contribution in [0.1, 0.15) is 12.0 Å². The highest BCUT2D eigenvalue weighted by Crippen LogP contribution is 2.19. The summed E-state index contributed by atoms with van der Waals surface area (Å²) >= 11 is 3.38. The quantitative estimate of drug-likeness (QED) is 0.629. The first-order valence-corrected chi connectivity index (χ1v) is 7.66. The van der Waals surface area contributed by atoms with Crippen molar-refractivity contribution in [3.63, 3.8) is 0 Å². The highest BCUT2D eigenvalue weighted by Gasteiger charge is 2.13. The maximum Gasteiger partial charge on any atom is 0.313 e. The molecule has 2 rings (SSSR count). The van der Waals surface area contributed by atoms with Gasteiger partial charge >= 0.3 is 11.8 Å². The fourth-order valence-electron chi connectivity index (χ4n) is 1.87. The third-order valence-electron chi connectivity index (χ3n) is 3.06. The smallest absolute Gasteiger partial charge is 0.313 e. The lowest BCUT2D eigenvalue weighted by Gasteiger charge is -2.08. The minimum absolute atomic E-state index is 0.434. The summed E-state index contributed by atoms with van der Waals surface area (Å²) in [6, 6.07) is 5.36. The Morgan fingerprint density at radius 1 is 1.32 bits per heavy atom. The summed E-state index contributed by atoms with van der Waals surface area (Å²) in [6.07, 6.45) is 5.99. The van der Waals surface area contributed by atoms with Crippen LogP contribution in [0.2, 0.25) is 0 Å². The molecule has 1 aromatic heterocycles. The molecular weight excluding hydrogens is 348 g/mol. The summed E-state index contributed by atoms with van der Waals surface area (Å²) in [7, 11) is 0. The van der Waals surface area contributed by atoms with Crippen molar-refractivity contribution < 1.29 is 9.59 Å². The Bertz CT molecular complexity index is 656. The number of anilines is 1. The number of amides is 2. The standard InChI is InChI=1S/C15H17BrN4O2/c1-11-9-12(3-4-13(11)16)19-15(22)14(21)18-5-2-7-20-8-6-17-10-20/h3-4,6,8-10H,2,5,7H2,1H3,(H,18,21)(H,19,22). The molecule has 0 radical (unpaired) electrons. The van der Waals surface area contributed by atoms with Gasteiger partial charge in [0, 0.05) is 35.6 Å². The van der Waals surface area contributed by atoms with E-state index in [9.17, 15) is 9.59 Å². The fraction of sp³-hybridized carbons (Fsp3) is 0.267. The molecule has 22 heavy (non-hydrogen) atoms. The second-order valence-electron chi connectivity index (χ2n) is 4.83. The molecule has 116 valence electrons. The molecule has 0 fully saturated rings. The molecule has 0 saturated heterocycles. The lowest BCUT2D eigenvalue weighted by atomic mass is 10.2. The summed E-state index contributed by atoms with van der Waals surface area (Å²) in [5, 5.41) is 5.17. The molecule has 7 heteroatoms. The molecule has 0 aliphatic rings. The Morgan fingerprint density at radius 2 is 2.14 bits per heavy atom. The van der Waals surface area contributed by atoms with E-state index in [0.29, 0.717) is 12.2 Å². The van der Waals surface area contributed by atoms with Crippen molar-refractivity contribution in [2.75, 3.05) is 11.9 Å². The van der Waals surface area contributed by atoms with E-state index in [1.807, 2.05) is 23.8 Å². The average Bonchev–Trinajstić information content (AvgIpc) is 3.00. The molecule has 0 atom stereocenters. The van der Waals surface area contributed by atoms with Gasteiger partial charge < -0.3 is 15.2 Å². The molecule has 0 unspecified atom stereocenters. The van der Waals surface area contributed by atoms with Gasteiger partial charge in [0.25, 0.3) is 0 Å². The number of nitrogens with one attached hydrogen (secondary N) is 2. The Hall–Kier alpha value is -2.15. The molecule has 0 saturated carbocycles. The number of halogens is 1. The molecular formula is C15H17BrN4O2. The number of rotatable bonds is 5. The number of carbonyl (C=O) groups is 2. The Labute approximate surface area is 137 Å². The number of benzene rings is 1. The molecule has 1 aromatic carbocycles. The van der Waals surface area contributed by atoms with Gasteiger partial charge in [0.15, 0.2) is 0 Å². The lowest BCUT2D eigenvalue weighted by molar-refractivity contribution is -0.136. The van der Waals surface area contributed by atoms with Gasteiger partial charge in [-0.25, -0.2) is 4.98 Å². The van der Waals surface area contributed by atoms with Gasteiger partial charge in [0.1, 0.15) is 0 Å². The monoisotopic (exact) mass is 364 g/mol. The first-order chi connectivity index (χ1) is 10.6. The van der Waals surface area contributed by atoms with Crippen LogP contribution in [-0.2, 0) is 16.1 Å². The molecule has 6 nitrogen and oxygen atoms in total. The van der Waals surface area contributed by atoms with E-state index in [-0.39, 0.29) is 0 Å². The minimum Gasteiger partial charge on any atom is -0.348 e. The second kappa shape index (κ2) is 7.74. The van der Waals surface area contributed by atoms with Gasteiger partial charge in [-0.15, -0.1) is 0 Å². The minimum atomic E-state index is -0.663. The molecule has 0 spiro atoms. The van der Waals surface area contributed by atoms with Gasteiger partial charge in [-0.1, -0.05) is 15.9 Å². The zero-order valence-corrected chi connectivity index (χ0v) is 13.8. The molecule has 1 heterocycles. The van der Waals surface area contributed by atoms with Gasteiger partial charge in [0.2, 0.25) is 0 Å². The van der Waals surface area contributed by atoms with Crippen molar-refractivity contribution in [1.29, 1.82) is 0 Å². The van der Waals surface area contributed by atoms with Gasteiger partial charge in [-0.3, -0.25) is 9.59 Å². The summed E-state index contributed by atoms with van der Waals surface area (Å²) in [6.45, 7) is 3.09. The van der Waals surface area contributed by atoms with Gasteiger partial charge in [-0.2, -0.15) is 0 Å². The van der Waals surface area contributed by atoms with E-state index in [4.69, 9.17) is 0 Å². The van der Waals surface area contributed by atoms with E-state index in [2.05, 4.69) is 31.5 Å². The fourth-order valence-corrected chi connectivity index (χ4v) is 2.12. The first-order valence-electron chi connectivity index (χ1n) is 6.87. The topological polar surface area (TPSA) is 76.0 Å². The maximum absolute atomic E-state index is 11.8. The number of aryl methyl sites for hydroxylation is 2. The SMILES string of the molecule is Cc1cc(NC(=O)C(=O)NCCCn2ccnc2)ccc1Br. The van der Waals surface area contributed by atoms with Crippen molar-refractivity contribution in [2.24, 2.45) is 0 Å². The van der Waals surface area contributed by atoms with Crippen LogP contribution in [-0.4, -0.2) is 27.9 Å². The zero-order chi connectivity index (χ0) is 15.9. The van der Waals surface area contributed by atoms with E-state index in [1.165, 1.54) is 0 Å². The maximum atomic E-state index is 11.8. The van der Waals surface area contributed by atoms with Crippen molar-refractivity contribution in [3.8, 4) is 0 Å². The van der Waals surface area contributed by atoms with Crippen LogP contribution in [0.4, 0.5) is 5.69 Å². The molecule has 2 N–H and O–H groups in total. The number of hydrogen-bond donors (Lipinski definition) is 2. The second-order valence-corrected chi connectivity index (χ2v) is 5.68. The third-order valence-corrected chi connectivity index (χ3v) is 3.95. The summed E-state index contributed by atoms with van der Waals surface area (Å²) in [5.74, 6) is -1.30. The van der Waals surface area contributed by atoms with Crippen LogP contribution < -0.4 is 10.6 Å². The average molecular weight is 365 g/mol. The van der Waals surface area contributed by atoms with Crippen LogP contribution >= 0.6 is 15.9 Å². The van der Waals surface area contributed by atoms with E-state index in [0.717, 1.165) is 23.0 Å². The number of hydrogen-bond acceptors (Lipinski definition) is 3. The van der Waals surface area contributed by atoms with E-state index < -0.39 is 11.8 Å². The predicted octanol–water partition coefficient (Wildman–Crippen LogP) is 2.10. The van der Waals surface area contributed by atoms with Gasteiger partial charge in [-0.05, 0) is 37.1 Å². The van der Waals surface area contributed by atoms with Crippen LogP contribution in [0.15, 0.2) is 41.4 Å². The number of aromatic nitrogens is 2. The normalized spacial score (nSPS) is 10.3. The van der Waals surface area contributed by atoms with Crippen LogP contribution in [0.5, 0.6) is 0 Å². The van der Waals surface area contributed by atoms with E-state index in [1.54, 1.807) is 24.7 Å². The molecule has 2 amide bonds. The largest absolute Gasteiger partial charge is 0.348 e. The van der Waals surface area contributed by atoms with Crippen LogP contribution in [0.25, 0.3) is 0 Å². The highest BCUT2D eigenvalue weighted by atomic mass is 79.9. The molecule has 2 aromatic rings. The number of imidazole rings is 1. The first kappa shape index (κ1) is 16.2. The van der Waals surface area contributed by atoms with Crippen molar-refractivity contribution in [3.05, 3.63) is 47.0 Å². The Morgan fingerprint density at radius 3 is 2.82 bits per heavy atom. The summed E-state index contributed by atoms with van der Waals surface area (Å²) in [4.78, 5) is 27.4. The number of carbonyl (C=O) groups excluding carboxylic acids is 2. The van der Waals surface area contributed by atoms with Crippen molar-refractivity contribution in [1.82, 2.24) is 14.9 Å². The van der Waals surface area contributed by atoms with Crippen LogP contribution in [0, 0.1) is 6.92 Å². The van der Waals surface area contributed by atoms with E-state index >= 15 is 0 Å². The molecule has 0 aliphatic heterocycles. The predicted molar refractivity (Wildman–Crippen MR) is 87.4 cm³/mol. The third kappa shape index (κ3) is 4.70. The summed E-state index contributed by atoms with van der Waals surface area (Å²) in [5.41, 5.74) is 1.58. The molecule has 0 aliphatic carbocycles. The van der Waals surface area contributed by atoms with Crippen molar-refractivity contribution in [2.45, 2.75) is 19.9 Å². The van der Waals surface area contributed by atoms with Crippen LogP contribution in [0.3, 0.4) is 0 Å². The zero-order valence-electron chi connectivity index (χ0n) is 12.2. The highest BCUT2D eigenvalue weighted by molar-refractivity contribution is 9.10. The van der Waals surface area contributed by atoms with Crippen molar-refractivity contribution >= 4 is 33.4 Å². The lowest BCUT2D eigenvalue weighted by Crippen LogP contribution is -2.36. The summed E-state index contributed by atoms with van der Waals surface area (Å²) < 4.78 is 2.87. The number of nitrogens with zero attached hydrogens (tertiary/aromatic N) is 2. The Kier molecular flexibility index (Phi) is 5.71. The molecule has 0 bridgehead atoms.